The molecule has 0 aromatic heterocycles. The van der Waals surface area contributed by atoms with Crippen LogP contribution in [0.15, 0.2) is 42.5 Å². The normalized spacial score (nSPS) is 25.6. The van der Waals surface area contributed by atoms with E-state index in [2.05, 4.69) is 10.6 Å². The molecule has 0 spiro atoms. The van der Waals surface area contributed by atoms with E-state index in [9.17, 15) is 19.5 Å². The van der Waals surface area contributed by atoms with Crippen molar-refractivity contribution < 1.29 is 19.5 Å². The monoisotopic (exact) mass is 385 g/mol. The third-order valence-corrected chi connectivity index (χ3v) is 6.57. The molecule has 140 valence electrons. The first-order valence-electron chi connectivity index (χ1n) is 8.58. The number of nitrogens with zero attached hydrogens (tertiary/aromatic N) is 1. The number of anilines is 1. The molecule has 8 heteroatoms. The first kappa shape index (κ1) is 17.7. The highest BCUT2D eigenvalue weighted by atomic mass is 32.2. The van der Waals surface area contributed by atoms with Gasteiger partial charge in [-0.2, -0.15) is 0 Å². The molecule has 2 aromatic carbocycles. The minimum Gasteiger partial charge on any atom is -0.480 e. The molecule has 2 fully saturated rings. The molecule has 0 aliphatic carbocycles. The zero-order valence-corrected chi connectivity index (χ0v) is 15.6. The van der Waals surface area contributed by atoms with Crippen molar-refractivity contribution in [3.8, 4) is 0 Å². The van der Waals surface area contributed by atoms with Crippen molar-refractivity contribution in [1.29, 1.82) is 0 Å². The standard InChI is InChI=1S/C19H19N3O4S/c1-19(2)14(17(24)25)22-15(23)13(16(22)27-19)21-18(26)20-12-9-5-7-10-6-3-4-8-11(10)12/h3-9,13-14,16H,1-2H3,(H,24,25)(H2,20,21,26)/t13-,14+,16+/m1/s1. The summed E-state index contributed by atoms with van der Waals surface area (Å²) >= 11 is 1.40. The van der Waals surface area contributed by atoms with E-state index in [0.29, 0.717) is 5.69 Å². The molecule has 2 saturated heterocycles. The fourth-order valence-electron chi connectivity index (χ4n) is 3.78. The molecule has 3 atom stereocenters. The number of thioether (sulfide) groups is 1. The van der Waals surface area contributed by atoms with Crippen molar-refractivity contribution >= 4 is 46.1 Å². The lowest BCUT2D eigenvalue weighted by atomic mass is 9.96. The summed E-state index contributed by atoms with van der Waals surface area (Å²) in [6, 6.07) is 11.2. The van der Waals surface area contributed by atoms with Gasteiger partial charge in [0, 0.05) is 10.1 Å². The van der Waals surface area contributed by atoms with Crippen LogP contribution in [0, 0.1) is 0 Å². The second-order valence-corrected chi connectivity index (χ2v) is 8.97. The fraction of sp³-hybridized carbons (Fsp3) is 0.316. The first-order chi connectivity index (χ1) is 12.8. The lowest BCUT2D eigenvalue weighted by Gasteiger charge is -2.43. The minimum absolute atomic E-state index is 0.362. The number of β-lactam (4-membered cyclic amide) rings is 1. The van der Waals surface area contributed by atoms with Crippen molar-refractivity contribution in [2.45, 2.75) is 36.1 Å². The van der Waals surface area contributed by atoms with E-state index in [1.165, 1.54) is 16.7 Å². The zero-order valence-electron chi connectivity index (χ0n) is 14.8. The van der Waals surface area contributed by atoms with E-state index in [-0.39, 0.29) is 11.3 Å². The number of rotatable bonds is 3. The van der Waals surface area contributed by atoms with Crippen LogP contribution in [0.4, 0.5) is 10.5 Å². The number of urea groups is 1. The number of hydrogen-bond acceptors (Lipinski definition) is 4. The van der Waals surface area contributed by atoms with Gasteiger partial charge >= 0.3 is 12.0 Å². The maximum atomic E-state index is 12.5. The summed E-state index contributed by atoms with van der Waals surface area (Å²) in [5, 5.41) is 16.5. The molecule has 2 aliphatic heterocycles. The van der Waals surface area contributed by atoms with E-state index in [1.54, 1.807) is 19.9 Å². The summed E-state index contributed by atoms with van der Waals surface area (Å²) in [5.41, 5.74) is 0.650. The largest absolute Gasteiger partial charge is 0.480 e. The van der Waals surface area contributed by atoms with Crippen LogP contribution in [-0.4, -0.2) is 50.1 Å². The van der Waals surface area contributed by atoms with Gasteiger partial charge < -0.3 is 20.6 Å². The van der Waals surface area contributed by atoms with Crippen LogP contribution in [0.3, 0.4) is 0 Å². The lowest BCUT2D eigenvalue weighted by Crippen LogP contribution is -2.70. The molecule has 2 aliphatic rings. The summed E-state index contributed by atoms with van der Waals surface area (Å²) in [5.74, 6) is -1.39. The predicted molar refractivity (Wildman–Crippen MR) is 104 cm³/mol. The number of amides is 3. The number of aliphatic carboxylic acids is 1. The second-order valence-electron chi connectivity index (χ2n) is 7.20. The van der Waals surface area contributed by atoms with Crippen molar-refractivity contribution in [2.24, 2.45) is 0 Å². The zero-order chi connectivity index (χ0) is 19.3. The molecule has 0 unspecified atom stereocenters. The minimum atomic E-state index is -1.03. The summed E-state index contributed by atoms with van der Waals surface area (Å²) in [6.45, 7) is 3.60. The Kier molecular flexibility index (Phi) is 4.03. The third kappa shape index (κ3) is 2.80. The van der Waals surface area contributed by atoms with Gasteiger partial charge in [-0.25, -0.2) is 9.59 Å². The van der Waals surface area contributed by atoms with Crippen LogP contribution in [0.25, 0.3) is 10.8 Å². The third-order valence-electron chi connectivity index (χ3n) is 5.00. The van der Waals surface area contributed by atoms with E-state index in [4.69, 9.17) is 0 Å². The summed E-state index contributed by atoms with van der Waals surface area (Å²) < 4.78 is -0.616. The number of fused-ring (bicyclic) bond motifs is 2. The van der Waals surface area contributed by atoms with Crippen molar-refractivity contribution in [3.63, 3.8) is 0 Å². The number of benzene rings is 2. The highest BCUT2D eigenvalue weighted by molar-refractivity contribution is 8.01. The van der Waals surface area contributed by atoms with E-state index >= 15 is 0 Å². The van der Waals surface area contributed by atoms with Crippen LogP contribution < -0.4 is 10.6 Å². The maximum absolute atomic E-state index is 12.5. The topological polar surface area (TPSA) is 98.7 Å². The average molecular weight is 385 g/mol. The van der Waals surface area contributed by atoms with E-state index in [1.807, 2.05) is 36.4 Å². The highest BCUT2D eigenvalue weighted by Gasteiger charge is 2.64. The Hall–Kier alpha value is -2.74. The van der Waals surface area contributed by atoms with Crippen molar-refractivity contribution in [2.75, 3.05) is 5.32 Å². The molecular weight excluding hydrogens is 366 g/mol. The van der Waals surface area contributed by atoms with Crippen molar-refractivity contribution in [3.05, 3.63) is 42.5 Å². The Bertz CT molecular complexity index is 956. The Labute approximate surface area is 160 Å². The van der Waals surface area contributed by atoms with Crippen LogP contribution in [-0.2, 0) is 9.59 Å². The Balaban J connectivity index is 1.48. The van der Waals surface area contributed by atoms with Gasteiger partial charge in [-0.1, -0.05) is 36.4 Å². The molecule has 2 heterocycles. The van der Waals surface area contributed by atoms with Gasteiger partial charge in [-0.05, 0) is 25.3 Å². The van der Waals surface area contributed by atoms with Crippen LogP contribution in [0.2, 0.25) is 0 Å². The van der Waals surface area contributed by atoms with Gasteiger partial charge in [0.1, 0.15) is 17.5 Å². The molecule has 0 radical (unpaired) electrons. The van der Waals surface area contributed by atoms with Gasteiger partial charge in [0.15, 0.2) is 0 Å². The van der Waals surface area contributed by atoms with E-state index in [0.717, 1.165) is 10.8 Å². The van der Waals surface area contributed by atoms with Crippen molar-refractivity contribution in [1.82, 2.24) is 10.2 Å². The summed E-state index contributed by atoms with van der Waals surface area (Å²) in [4.78, 5) is 37.8. The van der Waals surface area contributed by atoms with Gasteiger partial charge in [0.25, 0.3) is 0 Å². The van der Waals surface area contributed by atoms with Gasteiger partial charge in [-0.3, -0.25) is 4.79 Å². The Morgan fingerprint density at radius 1 is 1.15 bits per heavy atom. The molecule has 2 aromatic rings. The molecule has 27 heavy (non-hydrogen) atoms. The number of carboxylic acid groups (broad SMARTS) is 1. The van der Waals surface area contributed by atoms with E-state index < -0.39 is 28.8 Å². The Morgan fingerprint density at radius 2 is 1.85 bits per heavy atom. The van der Waals surface area contributed by atoms with Gasteiger partial charge in [0.05, 0.1) is 5.69 Å². The SMILES string of the molecule is CC1(C)S[C@H]2[C@H](NC(=O)Nc3cccc4ccccc34)C(=O)N2[C@H]1C(=O)O. The molecule has 4 rings (SSSR count). The number of nitrogens with one attached hydrogen (secondary N) is 2. The predicted octanol–water partition coefficient (Wildman–Crippen LogP) is 2.48. The van der Waals surface area contributed by atoms with Crippen LogP contribution in [0.5, 0.6) is 0 Å². The lowest BCUT2D eigenvalue weighted by molar-refractivity contribution is -0.159. The molecule has 3 N–H and O–H groups in total. The molecular formula is C19H19N3O4S. The van der Waals surface area contributed by atoms with Crippen LogP contribution >= 0.6 is 11.8 Å². The second kappa shape index (κ2) is 6.16. The van der Waals surface area contributed by atoms with Gasteiger partial charge in [-0.15, -0.1) is 11.8 Å². The average Bonchev–Trinajstić information content (AvgIpc) is 2.88. The maximum Gasteiger partial charge on any atom is 0.327 e. The number of carboxylic acids is 1. The molecule has 3 amide bonds. The van der Waals surface area contributed by atoms with Gasteiger partial charge in [0.2, 0.25) is 5.91 Å². The number of carbonyl (C=O) groups is 3. The fourth-order valence-corrected chi connectivity index (χ4v) is 5.40. The summed E-state index contributed by atoms with van der Waals surface area (Å²) in [6.07, 6.45) is 0. The molecule has 0 saturated carbocycles. The molecule has 7 nitrogen and oxygen atoms in total. The number of carbonyl (C=O) groups excluding carboxylic acids is 2. The quantitative estimate of drug-likeness (QED) is 0.705. The smallest absolute Gasteiger partial charge is 0.327 e. The highest BCUT2D eigenvalue weighted by Crippen LogP contribution is 2.50. The summed E-state index contributed by atoms with van der Waals surface area (Å²) in [7, 11) is 0. The molecule has 0 bridgehead atoms. The van der Waals surface area contributed by atoms with Crippen LogP contribution in [0.1, 0.15) is 13.8 Å². The first-order valence-corrected chi connectivity index (χ1v) is 9.45. The Morgan fingerprint density at radius 3 is 2.59 bits per heavy atom. The number of hydrogen-bond donors (Lipinski definition) is 3.